The Labute approximate surface area is 147 Å². The largest absolute Gasteiger partial charge is 0.340 e. The molecule has 0 fully saturated rings. The van der Waals surface area contributed by atoms with Crippen LogP contribution in [0.25, 0.3) is 0 Å². The van der Waals surface area contributed by atoms with Gasteiger partial charge in [-0.15, -0.1) is 0 Å². The Balaban J connectivity index is 1.83. The minimum atomic E-state index is 0.511. The Morgan fingerprint density at radius 2 is 1.64 bits per heavy atom. The van der Waals surface area contributed by atoms with Crippen LogP contribution in [-0.2, 0) is 0 Å². The topological polar surface area (TPSA) is 73.6 Å². The molecule has 25 heavy (non-hydrogen) atoms. The fourth-order valence-corrected chi connectivity index (χ4v) is 2.54. The van der Waals surface area contributed by atoms with Gasteiger partial charge in [0.05, 0.1) is 11.6 Å². The highest BCUT2D eigenvalue weighted by Crippen LogP contribution is 2.22. The molecule has 0 radical (unpaired) electrons. The minimum absolute atomic E-state index is 0.511. The summed E-state index contributed by atoms with van der Waals surface area (Å²) in [5, 5.41) is 15.4. The fourth-order valence-electron chi connectivity index (χ4n) is 2.54. The quantitative estimate of drug-likeness (QED) is 0.722. The molecule has 0 bridgehead atoms. The highest BCUT2D eigenvalue weighted by atomic mass is 15.1. The number of anilines is 4. The maximum Gasteiger partial charge on any atom is 0.229 e. The first-order chi connectivity index (χ1) is 12.0. The lowest BCUT2D eigenvalue weighted by Crippen LogP contribution is -2.03. The number of benzene rings is 2. The van der Waals surface area contributed by atoms with Crippen molar-refractivity contribution in [3.63, 3.8) is 0 Å². The average Bonchev–Trinajstić information content (AvgIpc) is 2.58. The van der Waals surface area contributed by atoms with Crippen LogP contribution in [0.4, 0.5) is 23.1 Å². The first-order valence-electron chi connectivity index (χ1n) is 8.00. The molecule has 0 saturated heterocycles. The van der Waals surface area contributed by atoms with E-state index in [2.05, 4.69) is 58.7 Å². The molecule has 3 aromatic rings. The maximum absolute atomic E-state index is 8.87. The minimum Gasteiger partial charge on any atom is -0.340 e. The number of aromatic nitrogens is 2. The number of nitrogens with zero attached hydrogens (tertiary/aromatic N) is 3. The third kappa shape index (κ3) is 4.12. The van der Waals surface area contributed by atoms with Gasteiger partial charge in [-0.1, -0.05) is 17.7 Å². The molecule has 0 aliphatic rings. The second-order valence-electron chi connectivity index (χ2n) is 5.98. The first-order valence-corrected chi connectivity index (χ1v) is 8.00. The molecule has 0 spiro atoms. The van der Waals surface area contributed by atoms with Crippen LogP contribution >= 0.6 is 0 Å². The predicted octanol–water partition coefficient (Wildman–Crippen LogP) is 4.76. The second-order valence-corrected chi connectivity index (χ2v) is 5.98. The lowest BCUT2D eigenvalue weighted by atomic mass is 10.1. The molecule has 5 heteroatoms. The van der Waals surface area contributed by atoms with Crippen LogP contribution in [0, 0.1) is 32.1 Å². The number of hydrogen-bond donors (Lipinski definition) is 2. The molecule has 1 aromatic heterocycles. The number of hydrogen-bond acceptors (Lipinski definition) is 5. The Bertz CT molecular complexity index is 939. The smallest absolute Gasteiger partial charge is 0.229 e. The highest BCUT2D eigenvalue weighted by molar-refractivity contribution is 5.63. The summed E-state index contributed by atoms with van der Waals surface area (Å²) in [5.41, 5.74) is 5.73. The second kappa shape index (κ2) is 7.02. The van der Waals surface area contributed by atoms with E-state index in [1.807, 2.05) is 25.1 Å². The van der Waals surface area contributed by atoms with Crippen molar-refractivity contribution in [2.45, 2.75) is 20.8 Å². The van der Waals surface area contributed by atoms with E-state index in [0.717, 1.165) is 28.5 Å². The van der Waals surface area contributed by atoms with Crippen molar-refractivity contribution in [2.75, 3.05) is 10.6 Å². The van der Waals surface area contributed by atoms with Crippen LogP contribution in [0.3, 0.4) is 0 Å². The van der Waals surface area contributed by atoms with E-state index in [1.54, 1.807) is 12.1 Å². The van der Waals surface area contributed by atoms with Crippen LogP contribution in [0.15, 0.2) is 48.5 Å². The average molecular weight is 329 g/mol. The molecule has 2 N–H and O–H groups in total. The summed E-state index contributed by atoms with van der Waals surface area (Å²) < 4.78 is 0. The van der Waals surface area contributed by atoms with Gasteiger partial charge in [-0.05, 0) is 56.7 Å². The van der Waals surface area contributed by atoms with Gasteiger partial charge in [0.2, 0.25) is 5.95 Å². The zero-order chi connectivity index (χ0) is 17.8. The van der Waals surface area contributed by atoms with Crippen molar-refractivity contribution in [1.29, 1.82) is 5.26 Å². The van der Waals surface area contributed by atoms with Gasteiger partial charge < -0.3 is 10.6 Å². The monoisotopic (exact) mass is 329 g/mol. The molecule has 3 rings (SSSR count). The van der Waals surface area contributed by atoms with Crippen LogP contribution in [0.1, 0.15) is 22.4 Å². The van der Waals surface area contributed by atoms with Crippen molar-refractivity contribution in [1.82, 2.24) is 9.97 Å². The number of nitriles is 1. The van der Waals surface area contributed by atoms with E-state index >= 15 is 0 Å². The van der Waals surface area contributed by atoms with Crippen LogP contribution in [-0.4, -0.2) is 9.97 Å². The first kappa shape index (κ1) is 16.5. The molecule has 124 valence electrons. The summed E-state index contributed by atoms with van der Waals surface area (Å²) in [4.78, 5) is 8.95. The van der Waals surface area contributed by atoms with Gasteiger partial charge in [-0.25, -0.2) is 4.98 Å². The zero-order valence-corrected chi connectivity index (χ0v) is 14.5. The molecule has 0 aliphatic carbocycles. The van der Waals surface area contributed by atoms with Gasteiger partial charge >= 0.3 is 0 Å². The fraction of sp³-hybridized carbons (Fsp3) is 0.150. The summed E-state index contributed by atoms with van der Waals surface area (Å²) in [6.45, 7) is 6.07. The van der Waals surface area contributed by atoms with Crippen molar-refractivity contribution in [3.05, 3.63) is 70.9 Å². The zero-order valence-electron chi connectivity index (χ0n) is 14.5. The van der Waals surface area contributed by atoms with Crippen LogP contribution in [0.5, 0.6) is 0 Å². The summed E-state index contributed by atoms with van der Waals surface area (Å²) in [7, 11) is 0. The van der Waals surface area contributed by atoms with Gasteiger partial charge in [0, 0.05) is 23.1 Å². The Kier molecular flexibility index (Phi) is 4.62. The number of aryl methyl sites for hydroxylation is 3. The summed E-state index contributed by atoms with van der Waals surface area (Å²) >= 11 is 0. The molecule has 0 saturated carbocycles. The van der Waals surface area contributed by atoms with Crippen LogP contribution in [0.2, 0.25) is 0 Å². The molecule has 0 amide bonds. The maximum atomic E-state index is 8.87. The molecule has 1 heterocycles. The van der Waals surface area contributed by atoms with Crippen LogP contribution < -0.4 is 10.6 Å². The van der Waals surface area contributed by atoms with E-state index in [1.165, 1.54) is 5.56 Å². The molecule has 2 aromatic carbocycles. The van der Waals surface area contributed by atoms with Crippen molar-refractivity contribution >= 4 is 23.1 Å². The lowest BCUT2D eigenvalue weighted by Gasteiger charge is -2.12. The van der Waals surface area contributed by atoms with Gasteiger partial charge in [-0.2, -0.15) is 10.2 Å². The van der Waals surface area contributed by atoms with Gasteiger partial charge in [-0.3, -0.25) is 0 Å². The number of rotatable bonds is 4. The SMILES string of the molecule is Cc1ccc(Nc2cc(C)nc(Nc3ccc(C#N)cc3)n2)c(C)c1. The predicted molar refractivity (Wildman–Crippen MR) is 100 cm³/mol. The van der Waals surface area contributed by atoms with Crippen molar-refractivity contribution in [2.24, 2.45) is 0 Å². The third-order valence-corrected chi connectivity index (χ3v) is 3.77. The lowest BCUT2D eigenvalue weighted by molar-refractivity contribution is 1.11. The molecule has 0 aliphatic heterocycles. The van der Waals surface area contributed by atoms with Gasteiger partial charge in [0.15, 0.2) is 0 Å². The summed E-state index contributed by atoms with van der Waals surface area (Å²) in [5.74, 6) is 1.24. The van der Waals surface area contributed by atoms with E-state index in [0.29, 0.717) is 11.5 Å². The Morgan fingerprint density at radius 3 is 2.32 bits per heavy atom. The molecular formula is C20H19N5. The van der Waals surface area contributed by atoms with Gasteiger partial charge in [0.1, 0.15) is 5.82 Å². The summed E-state index contributed by atoms with van der Waals surface area (Å²) in [6, 6.07) is 17.4. The standard InChI is InChI=1S/C20H19N5/c1-13-4-9-18(14(2)10-13)24-19-11-15(3)22-20(25-19)23-17-7-5-16(12-21)6-8-17/h4-11H,1-3H3,(H2,22,23,24,25). The van der Waals surface area contributed by atoms with Crippen molar-refractivity contribution < 1.29 is 0 Å². The van der Waals surface area contributed by atoms with E-state index < -0.39 is 0 Å². The normalized spacial score (nSPS) is 10.2. The Hall–Kier alpha value is -3.39. The third-order valence-electron chi connectivity index (χ3n) is 3.77. The Morgan fingerprint density at radius 1 is 0.880 bits per heavy atom. The number of nitrogens with one attached hydrogen (secondary N) is 2. The molecule has 5 nitrogen and oxygen atoms in total. The van der Waals surface area contributed by atoms with Crippen molar-refractivity contribution in [3.8, 4) is 6.07 Å². The molecule has 0 unspecified atom stereocenters. The summed E-state index contributed by atoms with van der Waals surface area (Å²) in [6.07, 6.45) is 0. The molecular weight excluding hydrogens is 310 g/mol. The highest BCUT2D eigenvalue weighted by Gasteiger charge is 2.05. The van der Waals surface area contributed by atoms with E-state index in [-0.39, 0.29) is 0 Å². The van der Waals surface area contributed by atoms with E-state index in [4.69, 9.17) is 5.26 Å². The van der Waals surface area contributed by atoms with E-state index in [9.17, 15) is 0 Å². The molecule has 0 atom stereocenters. The van der Waals surface area contributed by atoms with Gasteiger partial charge in [0.25, 0.3) is 0 Å².